The van der Waals surface area contributed by atoms with Crippen molar-refractivity contribution in [1.29, 1.82) is 5.26 Å². The minimum Gasteiger partial charge on any atom is -0.303 e. The lowest BCUT2D eigenvalue weighted by Gasteiger charge is -2.30. The average molecular weight is 165 g/mol. The van der Waals surface area contributed by atoms with Gasteiger partial charge in [0.1, 0.15) is 6.29 Å². The van der Waals surface area contributed by atoms with Crippen LogP contribution in [0.5, 0.6) is 0 Å². The van der Waals surface area contributed by atoms with E-state index in [1.807, 2.05) is 6.92 Å². The van der Waals surface area contributed by atoms with E-state index in [4.69, 9.17) is 5.26 Å². The van der Waals surface area contributed by atoms with Crippen molar-refractivity contribution in [2.45, 2.75) is 39.0 Å². The summed E-state index contributed by atoms with van der Waals surface area (Å²) in [6.07, 6.45) is 5.69. The number of carbonyl (C=O) groups is 1. The van der Waals surface area contributed by atoms with Crippen molar-refractivity contribution < 1.29 is 4.79 Å². The predicted octanol–water partition coefficient (Wildman–Crippen LogP) is 2.30. The predicted molar refractivity (Wildman–Crippen MR) is 46.4 cm³/mol. The van der Waals surface area contributed by atoms with E-state index in [9.17, 15) is 4.79 Å². The van der Waals surface area contributed by atoms with Crippen molar-refractivity contribution in [1.82, 2.24) is 0 Å². The fourth-order valence-corrected chi connectivity index (χ4v) is 1.80. The van der Waals surface area contributed by atoms with Crippen molar-refractivity contribution in [3.05, 3.63) is 0 Å². The standard InChI is InChI=1S/C10H15NO/c1-10(8-11)5-2-9(3-6-10)4-7-12/h7,9H,2-6H2,1H3. The van der Waals surface area contributed by atoms with Gasteiger partial charge in [-0.1, -0.05) is 0 Å². The third-order valence-electron chi connectivity index (χ3n) is 2.91. The van der Waals surface area contributed by atoms with Gasteiger partial charge in [-0.15, -0.1) is 0 Å². The van der Waals surface area contributed by atoms with Crippen LogP contribution in [0.15, 0.2) is 0 Å². The molecule has 2 heteroatoms. The largest absolute Gasteiger partial charge is 0.303 e. The van der Waals surface area contributed by atoms with Gasteiger partial charge in [0.25, 0.3) is 0 Å². The second-order valence-corrected chi connectivity index (χ2v) is 4.02. The minimum atomic E-state index is -0.112. The van der Waals surface area contributed by atoms with Crippen LogP contribution in [-0.4, -0.2) is 6.29 Å². The van der Waals surface area contributed by atoms with Crippen LogP contribution >= 0.6 is 0 Å². The Balaban J connectivity index is 2.40. The van der Waals surface area contributed by atoms with Crippen LogP contribution in [-0.2, 0) is 4.79 Å². The smallest absolute Gasteiger partial charge is 0.120 e. The van der Waals surface area contributed by atoms with Gasteiger partial charge >= 0.3 is 0 Å². The molecule has 2 nitrogen and oxygen atoms in total. The summed E-state index contributed by atoms with van der Waals surface area (Å²) >= 11 is 0. The molecule has 0 amide bonds. The van der Waals surface area contributed by atoms with Gasteiger partial charge in [0.15, 0.2) is 0 Å². The number of hydrogen-bond acceptors (Lipinski definition) is 2. The summed E-state index contributed by atoms with van der Waals surface area (Å²) in [6.45, 7) is 2.02. The molecular weight excluding hydrogens is 150 g/mol. The van der Waals surface area contributed by atoms with Gasteiger partial charge in [0.2, 0.25) is 0 Å². The second-order valence-electron chi connectivity index (χ2n) is 4.02. The molecule has 1 aliphatic rings. The number of carbonyl (C=O) groups excluding carboxylic acids is 1. The van der Waals surface area contributed by atoms with Crippen molar-refractivity contribution in [3.63, 3.8) is 0 Å². The summed E-state index contributed by atoms with van der Waals surface area (Å²) in [7, 11) is 0. The Bertz CT molecular complexity index is 196. The Kier molecular flexibility index (Phi) is 2.86. The SMILES string of the molecule is CC1(C#N)CCC(CC=O)CC1. The first-order valence-corrected chi connectivity index (χ1v) is 4.55. The molecule has 0 aromatic heterocycles. The number of nitrogens with zero attached hydrogens (tertiary/aromatic N) is 1. The molecule has 0 spiro atoms. The summed E-state index contributed by atoms with van der Waals surface area (Å²) in [6, 6.07) is 2.35. The van der Waals surface area contributed by atoms with Crippen LogP contribution in [0.25, 0.3) is 0 Å². The van der Waals surface area contributed by atoms with Gasteiger partial charge in [0, 0.05) is 6.42 Å². The topological polar surface area (TPSA) is 40.9 Å². The monoisotopic (exact) mass is 165 g/mol. The summed E-state index contributed by atoms with van der Waals surface area (Å²) in [4.78, 5) is 10.2. The fraction of sp³-hybridized carbons (Fsp3) is 0.800. The molecule has 0 N–H and O–H groups in total. The van der Waals surface area contributed by atoms with Crippen molar-refractivity contribution in [2.75, 3.05) is 0 Å². The number of hydrogen-bond donors (Lipinski definition) is 0. The Hall–Kier alpha value is -0.840. The number of rotatable bonds is 2. The molecule has 0 saturated heterocycles. The van der Waals surface area contributed by atoms with Crippen LogP contribution in [0.3, 0.4) is 0 Å². The quantitative estimate of drug-likeness (QED) is 0.589. The molecule has 1 rings (SSSR count). The zero-order valence-electron chi connectivity index (χ0n) is 7.55. The van der Waals surface area contributed by atoms with Crippen LogP contribution in [0.2, 0.25) is 0 Å². The van der Waals surface area contributed by atoms with Gasteiger partial charge in [-0.3, -0.25) is 0 Å². The lowest BCUT2D eigenvalue weighted by molar-refractivity contribution is -0.108. The third kappa shape index (κ3) is 2.07. The molecule has 0 radical (unpaired) electrons. The highest BCUT2D eigenvalue weighted by atomic mass is 16.1. The van der Waals surface area contributed by atoms with Crippen molar-refractivity contribution in [2.24, 2.45) is 11.3 Å². The van der Waals surface area contributed by atoms with Gasteiger partial charge in [-0.2, -0.15) is 5.26 Å². The van der Waals surface area contributed by atoms with E-state index in [1.54, 1.807) is 0 Å². The van der Waals surface area contributed by atoms with E-state index in [-0.39, 0.29) is 5.41 Å². The maximum Gasteiger partial charge on any atom is 0.120 e. The highest BCUT2D eigenvalue weighted by Gasteiger charge is 2.30. The molecule has 1 fully saturated rings. The number of nitriles is 1. The Morgan fingerprint density at radius 3 is 2.58 bits per heavy atom. The molecular formula is C10H15NO. The molecule has 0 bridgehead atoms. The maximum absolute atomic E-state index is 10.2. The molecule has 1 saturated carbocycles. The zero-order valence-corrected chi connectivity index (χ0v) is 7.55. The zero-order chi connectivity index (χ0) is 9.03. The molecule has 66 valence electrons. The second kappa shape index (κ2) is 3.71. The van der Waals surface area contributed by atoms with Gasteiger partial charge < -0.3 is 4.79 Å². The van der Waals surface area contributed by atoms with Crippen molar-refractivity contribution >= 4 is 6.29 Å². The van der Waals surface area contributed by atoms with Crippen LogP contribution in [0.1, 0.15) is 39.0 Å². The van der Waals surface area contributed by atoms with E-state index in [1.165, 1.54) is 0 Å². The first-order valence-electron chi connectivity index (χ1n) is 4.55. The summed E-state index contributed by atoms with van der Waals surface area (Å²) in [5.74, 6) is 0.545. The van der Waals surface area contributed by atoms with E-state index in [0.29, 0.717) is 12.3 Å². The molecule has 0 aromatic carbocycles. The van der Waals surface area contributed by atoms with Gasteiger partial charge in [-0.05, 0) is 38.5 Å². The third-order valence-corrected chi connectivity index (χ3v) is 2.91. The Morgan fingerprint density at radius 1 is 1.58 bits per heavy atom. The van der Waals surface area contributed by atoms with E-state index in [0.717, 1.165) is 32.0 Å². The molecule has 0 aromatic rings. The van der Waals surface area contributed by atoms with E-state index < -0.39 is 0 Å². The van der Waals surface area contributed by atoms with Gasteiger partial charge in [-0.25, -0.2) is 0 Å². The normalized spacial score (nSPS) is 35.5. The molecule has 0 atom stereocenters. The fourth-order valence-electron chi connectivity index (χ4n) is 1.80. The van der Waals surface area contributed by atoms with Crippen LogP contribution in [0, 0.1) is 22.7 Å². The Labute approximate surface area is 73.6 Å². The molecule has 0 unspecified atom stereocenters. The molecule has 0 heterocycles. The van der Waals surface area contributed by atoms with E-state index in [2.05, 4.69) is 6.07 Å². The van der Waals surface area contributed by atoms with Crippen LogP contribution in [0.4, 0.5) is 0 Å². The summed E-state index contributed by atoms with van der Waals surface area (Å²) in [5, 5.41) is 8.85. The molecule has 0 aliphatic heterocycles. The Morgan fingerprint density at radius 2 is 2.17 bits per heavy atom. The first-order chi connectivity index (χ1) is 5.70. The van der Waals surface area contributed by atoms with Crippen LogP contribution < -0.4 is 0 Å². The lowest BCUT2D eigenvalue weighted by atomic mass is 9.72. The minimum absolute atomic E-state index is 0.112. The lowest BCUT2D eigenvalue weighted by Crippen LogP contribution is -2.22. The number of aldehydes is 1. The molecule has 12 heavy (non-hydrogen) atoms. The highest BCUT2D eigenvalue weighted by molar-refractivity contribution is 5.49. The summed E-state index contributed by atoms with van der Waals surface area (Å²) < 4.78 is 0. The average Bonchev–Trinajstić information content (AvgIpc) is 2.10. The van der Waals surface area contributed by atoms with E-state index >= 15 is 0 Å². The maximum atomic E-state index is 10.2. The van der Waals surface area contributed by atoms with Crippen molar-refractivity contribution in [3.8, 4) is 6.07 Å². The molecule has 1 aliphatic carbocycles. The summed E-state index contributed by atoms with van der Waals surface area (Å²) in [5.41, 5.74) is -0.112. The first kappa shape index (κ1) is 9.25. The highest BCUT2D eigenvalue weighted by Crippen LogP contribution is 2.38. The van der Waals surface area contributed by atoms with Gasteiger partial charge in [0.05, 0.1) is 11.5 Å².